The Balaban J connectivity index is 1.61. The van der Waals surface area contributed by atoms with Crippen LogP contribution in [-0.2, 0) is 4.74 Å². The minimum Gasteiger partial charge on any atom is -0.379 e. The average Bonchev–Trinajstić information content (AvgIpc) is 3.28. The van der Waals surface area contributed by atoms with Crippen molar-refractivity contribution in [1.29, 1.82) is 0 Å². The minimum atomic E-state index is 0.356. The van der Waals surface area contributed by atoms with Gasteiger partial charge in [-0.15, -0.1) is 11.3 Å². The molecule has 1 aromatic rings. The van der Waals surface area contributed by atoms with E-state index in [1.165, 1.54) is 9.75 Å². The molecule has 7 heteroatoms. The van der Waals surface area contributed by atoms with Gasteiger partial charge in [0.1, 0.15) is 0 Å². The highest BCUT2D eigenvalue weighted by atomic mass is 32.1. The van der Waals surface area contributed by atoms with Crippen LogP contribution in [0.3, 0.4) is 0 Å². The Morgan fingerprint density at radius 2 is 2.00 bits per heavy atom. The van der Waals surface area contributed by atoms with Crippen LogP contribution in [0.15, 0.2) is 17.1 Å². The van der Waals surface area contributed by atoms with E-state index < -0.39 is 0 Å². The first-order valence-corrected chi connectivity index (χ1v) is 11.4. The zero-order chi connectivity index (χ0) is 20.1. The fourth-order valence-electron chi connectivity index (χ4n) is 4.11. The van der Waals surface area contributed by atoms with Gasteiger partial charge in [0.15, 0.2) is 5.96 Å². The number of thiophene rings is 1. The maximum absolute atomic E-state index is 5.57. The number of likely N-dealkylation sites (tertiary alicyclic amines) is 1. The van der Waals surface area contributed by atoms with E-state index in [0.717, 1.165) is 51.9 Å². The number of hydrogen-bond donors (Lipinski definition) is 2. The van der Waals surface area contributed by atoms with E-state index in [-0.39, 0.29) is 0 Å². The summed E-state index contributed by atoms with van der Waals surface area (Å²) in [6.07, 6.45) is 0. The Bertz CT molecular complexity index is 640. The molecule has 0 radical (unpaired) electrons. The second-order valence-electron chi connectivity index (χ2n) is 8.34. The zero-order valence-electron chi connectivity index (χ0n) is 18.1. The van der Waals surface area contributed by atoms with Crippen LogP contribution in [0.25, 0.3) is 0 Å². The second kappa shape index (κ2) is 10.1. The van der Waals surface area contributed by atoms with Gasteiger partial charge in [0, 0.05) is 61.6 Å². The molecular weight excluding hydrogens is 370 g/mol. The van der Waals surface area contributed by atoms with E-state index in [1.807, 2.05) is 18.4 Å². The molecule has 6 nitrogen and oxygen atoms in total. The van der Waals surface area contributed by atoms with Crippen molar-refractivity contribution >= 4 is 17.3 Å². The van der Waals surface area contributed by atoms with Crippen LogP contribution in [0.2, 0.25) is 0 Å². The summed E-state index contributed by atoms with van der Waals surface area (Å²) in [5, 5.41) is 7.28. The number of nitrogens with one attached hydrogen (secondary N) is 2. The monoisotopic (exact) mass is 407 g/mol. The lowest BCUT2D eigenvalue weighted by Crippen LogP contribution is -2.50. The predicted octanol–water partition coefficient (Wildman–Crippen LogP) is 2.32. The molecule has 3 rings (SSSR count). The highest BCUT2D eigenvalue weighted by Gasteiger charge is 2.31. The lowest BCUT2D eigenvalue weighted by Gasteiger charge is -2.34. The largest absolute Gasteiger partial charge is 0.379 e. The Hall–Kier alpha value is -1.15. The molecule has 3 unspecified atom stereocenters. The number of rotatable bonds is 6. The smallest absolute Gasteiger partial charge is 0.191 e. The molecule has 1 aromatic heterocycles. The fraction of sp³-hybridized carbons (Fsp3) is 0.762. The van der Waals surface area contributed by atoms with Crippen LogP contribution in [0.1, 0.15) is 36.6 Å². The number of guanidine groups is 1. The summed E-state index contributed by atoms with van der Waals surface area (Å²) in [4.78, 5) is 12.4. The van der Waals surface area contributed by atoms with Crippen molar-refractivity contribution in [2.45, 2.75) is 45.8 Å². The van der Waals surface area contributed by atoms with Gasteiger partial charge < -0.3 is 15.4 Å². The van der Waals surface area contributed by atoms with Gasteiger partial charge in [-0.2, -0.15) is 0 Å². The standard InChI is InChI=1S/C21H37N5OS/c1-15(2)26-13-16(3)18(14-26)24-21(22-5)23-12-19(20-7-6-17(4)28-20)25-8-10-27-11-9-25/h6-7,15-16,18-19H,8-14H2,1-5H3,(H2,22,23,24). The molecule has 0 aliphatic carbocycles. The molecule has 28 heavy (non-hydrogen) atoms. The number of aliphatic imine (C=N–C) groups is 1. The Morgan fingerprint density at radius 1 is 1.25 bits per heavy atom. The van der Waals surface area contributed by atoms with Crippen molar-refractivity contribution in [3.05, 3.63) is 21.9 Å². The average molecular weight is 408 g/mol. The number of aryl methyl sites for hydroxylation is 1. The van der Waals surface area contributed by atoms with E-state index in [0.29, 0.717) is 24.0 Å². The first-order valence-electron chi connectivity index (χ1n) is 10.6. The number of nitrogens with zero attached hydrogens (tertiary/aromatic N) is 3. The van der Waals surface area contributed by atoms with Gasteiger partial charge in [0.05, 0.1) is 19.3 Å². The van der Waals surface area contributed by atoms with Gasteiger partial charge in [0.25, 0.3) is 0 Å². The molecule has 0 bridgehead atoms. The molecule has 158 valence electrons. The second-order valence-corrected chi connectivity index (χ2v) is 9.66. The summed E-state index contributed by atoms with van der Waals surface area (Å²) in [5.74, 6) is 1.53. The fourth-order valence-corrected chi connectivity index (χ4v) is 5.12. The van der Waals surface area contributed by atoms with Gasteiger partial charge in [-0.05, 0) is 38.8 Å². The predicted molar refractivity (Wildman–Crippen MR) is 118 cm³/mol. The number of morpholine rings is 1. The summed E-state index contributed by atoms with van der Waals surface area (Å²) in [6.45, 7) is 15.8. The molecule has 3 heterocycles. The van der Waals surface area contributed by atoms with E-state index in [1.54, 1.807) is 0 Å². The third kappa shape index (κ3) is 5.47. The van der Waals surface area contributed by atoms with Crippen molar-refractivity contribution in [1.82, 2.24) is 20.4 Å². The summed E-state index contributed by atoms with van der Waals surface area (Å²) in [7, 11) is 1.87. The summed E-state index contributed by atoms with van der Waals surface area (Å²) >= 11 is 1.90. The molecule has 2 saturated heterocycles. The summed E-state index contributed by atoms with van der Waals surface area (Å²) in [6, 6.07) is 5.89. The molecule has 0 amide bonds. The SMILES string of the molecule is CN=C(NCC(c1ccc(C)s1)N1CCOCC1)NC1CN(C(C)C)CC1C. The molecule has 3 atom stereocenters. The third-order valence-electron chi connectivity index (χ3n) is 5.96. The van der Waals surface area contributed by atoms with Crippen LogP contribution in [0.4, 0.5) is 0 Å². The van der Waals surface area contributed by atoms with Gasteiger partial charge in [-0.1, -0.05) is 6.92 Å². The Morgan fingerprint density at radius 3 is 2.57 bits per heavy atom. The molecule has 2 aliphatic rings. The molecule has 2 N–H and O–H groups in total. The lowest BCUT2D eigenvalue weighted by atomic mass is 10.1. The van der Waals surface area contributed by atoms with Crippen molar-refractivity contribution in [2.75, 3.05) is 53.0 Å². The Kier molecular flexibility index (Phi) is 7.74. The van der Waals surface area contributed by atoms with Gasteiger partial charge in [0.2, 0.25) is 0 Å². The topological polar surface area (TPSA) is 52.1 Å². The first kappa shape index (κ1) is 21.6. The summed E-state index contributed by atoms with van der Waals surface area (Å²) < 4.78 is 5.57. The summed E-state index contributed by atoms with van der Waals surface area (Å²) in [5.41, 5.74) is 0. The number of hydrogen-bond acceptors (Lipinski definition) is 5. The van der Waals surface area contributed by atoms with Crippen molar-refractivity contribution in [2.24, 2.45) is 10.9 Å². The molecule has 0 saturated carbocycles. The quantitative estimate of drug-likeness (QED) is 0.560. The molecule has 2 aliphatic heterocycles. The van der Waals surface area contributed by atoms with Gasteiger partial charge in [-0.25, -0.2) is 0 Å². The van der Waals surface area contributed by atoms with Crippen molar-refractivity contribution in [3.8, 4) is 0 Å². The lowest BCUT2D eigenvalue weighted by molar-refractivity contribution is 0.0177. The molecular formula is C21H37N5OS. The zero-order valence-corrected chi connectivity index (χ0v) is 18.9. The van der Waals surface area contributed by atoms with Crippen LogP contribution in [0, 0.1) is 12.8 Å². The van der Waals surface area contributed by atoms with E-state index >= 15 is 0 Å². The van der Waals surface area contributed by atoms with Gasteiger partial charge in [-0.3, -0.25) is 14.8 Å². The van der Waals surface area contributed by atoms with Crippen molar-refractivity contribution in [3.63, 3.8) is 0 Å². The maximum Gasteiger partial charge on any atom is 0.191 e. The van der Waals surface area contributed by atoms with Crippen LogP contribution in [-0.4, -0.2) is 80.8 Å². The van der Waals surface area contributed by atoms with E-state index in [9.17, 15) is 0 Å². The van der Waals surface area contributed by atoms with Crippen LogP contribution >= 0.6 is 11.3 Å². The molecule has 0 aromatic carbocycles. The highest BCUT2D eigenvalue weighted by molar-refractivity contribution is 7.12. The van der Waals surface area contributed by atoms with E-state index in [2.05, 4.69) is 65.3 Å². The highest BCUT2D eigenvalue weighted by Crippen LogP contribution is 2.28. The number of ether oxygens (including phenoxy) is 1. The third-order valence-corrected chi connectivity index (χ3v) is 7.06. The Labute approximate surface area is 174 Å². The normalized spacial score (nSPS) is 26.0. The molecule has 2 fully saturated rings. The van der Waals surface area contributed by atoms with Crippen LogP contribution in [0.5, 0.6) is 0 Å². The van der Waals surface area contributed by atoms with E-state index in [4.69, 9.17) is 4.74 Å². The molecule has 0 spiro atoms. The van der Waals surface area contributed by atoms with Gasteiger partial charge >= 0.3 is 0 Å². The first-order chi connectivity index (χ1) is 13.5. The van der Waals surface area contributed by atoms with Crippen LogP contribution < -0.4 is 10.6 Å². The maximum atomic E-state index is 5.57. The minimum absolute atomic E-state index is 0.356. The van der Waals surface area contributed by atoms with Crippen molar-refractivity contribution < 1.29 is 4.74 Å².